The first-order valence-electron chi connectivity index (χ1n) is 9.84. The molecule has 5 nitrogen and oxygen atoms in total. The van der Waals surface area contributed by atoms with E-state index in [4.69, 9.17) is 9.47 Å². The van der Waals surface area contributed by atoms with Crippen LogP contribution in [-0.4, -0.2) is 30.6 Å². The van der Waals surface area contributed by atoms with Gasteiger partial charge in [-0.15, -0.1) is 0 Å². The van der Waals surface area contributed by atoms with E-state index in [2.05, 4.69) is 5.32 Å². The van der Waals surface area contributed by atoms with Crippen LogP contribution in [0.4, 0.5) is 5.69 Å². The van der Waals surface area contributed by atoms with Crippen LogP contribution in [0.1, 0.15) is 29.0 Å². The van der Waals surface area contributed by atoms with Crippen LogP contribution in [0.3, 0.4) is 0 Å². The highest BCUT2D eigenvalue weighted by Crippen LogP contribution is 2.36. The summed E-state index contributed by atoms with van der Waals surface area (Å²) >= 11 is 0. The maximum atomic E-state index is 13.0. The summed E-state index contributed by atoms with van der Waals surface area (Å²) in [6, 6.07) is 25.1. The van der Waals surface area contributed by atoms with Gasteiger partial charge >= 0.3 is 0 Å². The molecule has 1 aliphatic rings. The van der Waals surface area contributed by atoms with Gasteiger partial charge in [0.1, 0.15) is 30.9 Å². The number of ether oxygens (including phenoxy) is 2. The number of carbonyl (C=O) groups is 1. The zero-order valence-electron chi connectivity index (χ0n) is 16.4. The topological polar surface area (TPSA) is 50.8 Å². The van der Waals surface area contributed by atoms with Crippen LogP contribution < -0.4 is 14.8 Å². The van der Waals surface area contributed by atoms with Crippen LogP contribution in [-0.2, 0) is 0 Å². The number of carbonyl (C=O) groups excluding carboxylic acids is 1. The molecule has 1 atom stereocenters. The summed E-state index contributed by atoms with van der Waals surface area (Å²) in [5.41, 5.74) is 2.46. The smallest absolute Gasteiger partial charge is 0.257 e. The number of fused-ring (bicyclic) bond motifs is 1. The van der Waals surface area contributed by atoms with Crippen LogP contribution in [0.5, 0.6) is 11.5 Å². The number of para-hydroxylation sites is 3. The van der Waals surface area contributed by atoms with E-state index in [1.807, 2.05) is 90.7 Å². The highest BCUT2D eigenvalue weighted by atomic mass is 16.5. The largest absolute Gasteiger partial charge is 0.490 e. The predicted molar refractivity (Wildman–Crippen MR) is 113 cm³/mol. The molecule has 3 aromatic carbocycles. The lowest BCUT2D eigenvalue weighted by Gasteiger charge is -2.38. The predicted octanol–water partition coefficient (Wildman–Crippen LogP) is 4.73. The van der Waals surface area contributed by atoms with Crippen molar-refractivity contribution in [1.29, 1.82) is 0 Å². The van der Waals surface area contributed by atoms with E-state index in [0.29, 0.717) is 25.3 Å². The van der Waals surface area contributed by atoms with E-state index < -0.39 is 0 Å². The molecule has 1 heterocycles. The monoisotopic (exact) mass is 388 g/mol. The van der Waals surface area contributed by atoms with Crippen molar-refractivity contribution in [2.75, 3.05) is 25.1 Å². The van der Waals surface area contributed by atoms with Crippen LogP contribution in [0.2, 0.25) is 0 Å². The third-order valence-corrected chi connectivity index (χ3v) is 4.93. The second kappa shape index (κ2) is 8.69. The molecule has 148 valence electrons. The molecule has 0 saturated carbocycles. The Kier molecular flexibility index (Phi) is 5.66. The fourth-order valence-electron chi connectivity index (χ4n) is 3.53. The number of benzene rings is 3. The average Bonchev–Trinajstić information content (AvgIpc) is 2.78. The summed E-state index contributed by atoms with van der Waals surface area (Å²) in [5, 5.41) is 3.50. The van der Waals surface area contributed by atoms with Gasteiger partial charge in [0.2, 0.25) is 0 Å². The quantitative estimate of drug-likeness (QED) is 0.595. The van der Waals surface area contributed by atoms with Gasteiger partial charge in [-0.2, -0.15) is 0 Å². The van der Waals surface area contributed by atoms with Crippen molar-refractivity contribution in [3.8, 4) is 11.5 Å². The molecule has 1 aliphatic heterocycles. The lowest BCUT2D eigenvalue weighted by atomic mass is 10.0. The zero-order valence-corrected chi connectivity index (χ0v) is 16.4. The second-order valence-electron chi connectivity index (χ2n) is 6.73. The Labute approximate surface area is 170 Å². The van der Waals surface area contributed by atoms with Gasteiger partial charge in [0.25, 0.3) is 5.91 Å². The van der Waals surface area contributed by atoms with Crippen molar-refractivity contribution in [1.82, 2.24) is 4.90 Å². The third-order valence-electron chi connectivity index (χ3n) is 4.93. The Morgan fingerprint density at radius 1 is 0.862 bits per heavy atom. The summed E-state index contributed by atoms with van der Waals surface area (Å²) < 4.78 is 11.7. The SMILES string of the molecule is CCN1C(=O)c2ccccc2NC1c1ccccc1OCCOc1ccccc1. The molecule has 1 unspecified atom stereocenters. The van der Waals surface area contributed by atoms with Crippen LogP contribution in [0.15, 0.2) is 78.9 Å². The molecule has 5 heteroatoms. The third kappa shape index (κ3) is 4.04. The standard InChI is InChI=1S/C24H24N2O3/c1-2-26-23(25-21-14-8-6-12-19(21)24(26)27)20-13-7-9-15-22(20)29-17-16-28-18-10-4-3-5-11-18/h3-15,23,25H,2,16-17H2,1H3. The molecule has 0 aromatic heterocycles. The van der Waals surface area contributed by atoms with Gasteiger partial charge in [0.05, 0.1) is 5.56 Å². The Morgan fingerprint density at radius 3 is 2.38 bits per heavy atom. The first kappa shape index (κ1) is 18.9. The molecule has 0 aliphatic carbocycles. The van der Waals surface area contributed by atoms with Crippen molar-refractivity contribution >= 4 is 11.6 Å². The number of nitrogens with zero attached hydrogens (tertiary/aromatic N) is 1. The summed E-state index contributed by atoms with van der Waals surface area (Å²) in [4.78, 5) is 14.8. The maximum Gasteiger partial charge on any atom is 0.257 e. The van der Waals surface area contributed by atoms with Crippen LogP contribution in [0, 0.1) is 0 Å². The van der Waals surface area contributed by atoms with E-state index in [9.17, 15) is 4.79 Å². The summed E-state index contributed by atoms with van der Waals surface area (Å²) in [7, 11) is 0. The molecule has 4 rings (SSSR count). The normalized spacial score (nSPS) is 15.4. The van der Waals surface area contributed by atoms with Gasteiger partial charge in [-0.3, -0.25) is 4.79 Å². The first-order chi connectivity index (χ1) is 14.3. The van der Waals surface area contributed by atoms with Gasteiger partial charge in [-0.1, -0.05) is 48.5 Å². The number of rotatable bonds is 7. The fourth-order valence-corrected chi connectivity index (χ4v) is 3.53. The van der Waals surface area contributed by atoms with Crippen molar-refractivity contribution in [3.05, 3.63) is 90.0 Å². The maximum absolute atomic E-state index is 13.0. The summed E-state index contributed by atoms with van der Waals surface area (Å²) in [5.74, 6) is 1.58. The molecule has 29 heavy (non-hydrogen) atoms. The van der Waals surface area contributed by atoms with Gasteiger partial charge < -0.3 is 19.7 Å². The van der Waals surface area contributed by atoms with E-state index in [1.165, 1.54) is 0 Å². The second-order valence-corrected chi connectivity index (χ2v) is 6.73. The molecular weight excluding hydrogens is 364 g/mol. The lowest BCUT2D eigenvalue weighted by molar-refractivity contribution is 0.0692. The number of hydrogen-bond donors (Lipinski definition) is 1. The highest BCUT2D eigenvalue weighted by molar-refractivity contribution is 6.01. The van der Waals surface area contributed by atoms with Crippen molar-refractivity contribution < 1.29 is 14.3 Å². The summed E-state index contributed by atoms with van der Waals surface area (Å²) in [6.07, 6.45) is -0.284. The molecular formula is C24H24N2O3. The van der Waals surface area contributed by atoms with E-state index in [1.54, 1.807) is 0 Å². The van der Waals surface area contributed by atoms with Crippen LogP contribution >= 0.6 is 0 Å². The van der Waals surface area contributed by atoms with E-state index in [-0.39, 0.29) is 12.1 Å². The molecule has 0 spiro atoms. The molecule has 0 radical (unpaired) electrons. The van der Waals surface area contributed by atoms with Gasteiger partial charge in [-0.05, 0) is 37.3 Å². The Balaban J connectivity index is 1.50. The van der Waals surface area contributed by atoms with Crippen molar-refractivity contribution in [2.24, 2.45) is 0 Å². The minimum absolute atomic E-state index is 0.0223. The minimum atomic E-state index is -0.284. The van der Waals surface area contributed by atoms with E-state index >= 15 is 0 Å². The Hall–Kier alpha value is -3.47. The number of nitrogens with one attached hydrogen (secondary N) is 1. The molecule has 3 aromatic rings. The Bertz CT molecular complexity index is 975. The van der Waals surface area contributed by atoms with Crippen LogP contribution in [0.25, 0.3) is 0 Å². The first-order valence-corrected chi connectivity index (χ1v) is 9.84. The van der Waals surface area contributed by atoms with E-state index in [0.717, 1.165) is 22.7 Å². The van der Waals surface area contributed by atoms with Gasteiger partial charge in [0, 0.05) is 17.8 Å². The fraction of sp³-hybridized carbons (Fsp3) is 0.208. The molecule has 0 fully saturated rings. The van der Waals surface area contributed by atoms with Gasteiger partial charge in [-0.25, -0.2) is 0 Å². The molecule has 0 saturated heterocycles. The molecule has 1 N–H and O–H groups in total. The summed E-state index contributed by atoms with van der Waals surface area (Å²) in [6.45, 7) is 3.43. The number of hydrogen-bond acceptors (Lipinski definition) is 4. The molecule has 1 amide bonds. The number of amides is 1. The number of anilines is 1. The highest BCUT2D eigenvalue weighted by Gasteiger charge is 2.33. The lowest BCUT2D eigenvalue weighted by Crippen LogP contribution is -2.42. The average molecular weight is 388 g/mol. The zero-order chi connectivity index (χ0) is 20.1. The minimum Gasteiger partial charge on any atom is -0.490 e. The Morgan fingerprint density at radius 2 is 1.55 bits per heavy atom. The molecule has 0 bridgehead atoms. The van der Waals surface area contributed by atoms with Gasteiger partial charge in [0.15, 0.2) is 0 Å². The van der Waals surface area contributed by atoms with Crippen molar-refractivity contribution in [2.45, 2.75) is 13.1 Å². The van der Waals surface area contributed by atoms with Crippen molar-refractivity contribution in [3.63, 3.8) is 0 Å².